The zero-order valence-corrected chi connectivity index (χ0v) is 26.7. The maximum absolute atomic E-state index is 13.6. The third-order valence-electron chi connectivity index (χ3n) is 6.87. The fraction of sp³-hybridized carbons (Fsp3) is 0.500. The van der Waals surface area contributed by atoms with Crippen LogP contribution in [-0.4, -0.2) is 93.0 Å². The van der Waals surface area contributed by atoms with Crippen LogP contribution in [-0.2, 0) is 27.3 Å². The molecule has 0 spiro atoms. The monoisotopic (exact) mass is 720 g/mol. The van der Waals surface area contributed by atoms with Crippen molar-refractivity contribution in [3.05, 3.63) is 64.4 Å². The normalized spacial score (nSPS) is 19.5. The van der Waals surface area contributed by atoms with Crippen molar-refractivity contribution in [1.29, 1.82) is 0 Å². The molecule has 270 valence electrons. The summed E-state index contributed by atoms with van der Waals surface area (Å²) in [7, 11) is 0. The number of halogens is 8. The lowest BCUT2D eigenvalue weighted by molar-refractivity contribution is -0.193. The molecule has 0 bridgehead atoms. The van der Waals surface area contributed by atoms with Crippen LogP contribution in [0.1, 0.15) is 38.3 Å². The Balaban J connectivity index is 0.000000687. The minimum atomic E-state index is -5.08. The number of alkyl halides is 6. The maximum atomic E-state index is 13.6. The summed E-state index contributed by atoms with van der Waals surface area (Å²) >= 11 is 6.00. The maximum Gasteiger partial charge on any atom is 0.490 e. The number of carboxylic acids is 3. The van der Waals surface area contributed by atoms with Crippen molar-refractivity contribution in [3.8, 4) is 5.75 Å². The molecule has 2 aromatic carbocycles. The molecule has 4 atom stereocenters. The van der Waals surface area contributed by atoms with Crippen LogP contribution in [0.3, 0.4) is 0 Å². The molecule has 3 rings (SSSR count). The average molecular weight is 721 g/mol. The van der Waals surface area contributed by atoms with Crippen molar-refractivity contribution in [2.45, 2.75) is 70.2 Å². The van der Waals surface area contributed by atoms with Crippen LogP contribution in [0.5, 0.6) is 5.75 Å². The molecule has 1 aliphatic rings. The number of piperidine rings is 1. The van der Waals surface area contributed by atoms with Gasteiger partial charge in [0, 0.05) is 48.4 Å². The first-order valence-corrected chi connectivity index (χ1v) is 14.5. The van der Waals surface area contributed by atoms with Crippen molar-refractivity contribution in [2.75, 3.05) is 19.7 Å². The van der Waals surface area contributed by atoms with E-state index in [-0.39, 0.29) is 24.8 Å². The molecule has 0 aromatic heterocycles. The van der Waals surface area contributed by atoms with E-state index in [1.54, 1.807) is 6.92 Å². The second-order valence-electron chi connectivity index (χ2n) is 11.3. The van der Waals surface area contributed by atoms with Gasteiger partial charge < -0.3 is 30.5 Å². The van der Waals surface area contributed by atoms with Crippen LogP contribution in [0.25, 0.3) is 0 Å². The highest BCUT2D eigenvalue weighted by atomic mass is 35.5. The molecule has 1 aliphatic heterocycles. The first-order valence-electron chi connectivity index (χ1n) is 14.1. The van der Waals surface area contributed by atoms with Gasteiger partial charge in [0.15, 0.2) is 0 Å². The zero-order chi connectivity index (χ0) is 37.0. The first kappa shape index (κ1) is 42.4. The molecule has 1 heterocycles. The number of nitrogens with one attached hydrogen (secondary N) is 1. The third-order valence-corrected chi connectivity index (χ3v) is 7.12. The van der Waals surface area contributed by atoms with Gasteiger partial charge in [0.2, 0.25) is 0 Å². The van der Waals surface area contributed by atoms with Gasteiger partial charge in [0.1, 0.15) is 23.8 Å². The first-order chi connectivity index (χ1) is 21.9. The Morgan fingerprint density at radius 3 is 1.96 bits per heavy atom. The largest absolute Gasteiger partial charge is 0.490 e. The summed E-state index contributed by atoms with van der Waals surface area (Å²) in [5.41, 5.74) is 0.388. The summed E-state index contributed by atoms with van der Waals surface area (Å²) in [6.07, 6.45) is -9.50. The van der Waals surface area contributed by atoms with E-state index in [0.29, 0.717) is 24.1 Å². The van der Waals surface area contributed by atoms with Gasteiger partial charge in [0.05, 0.1) is 6.42 Å². The molecular formula is C30H36ClF7N2O8. The minimum Gasteiger partial charge on any atom is -0.490 e. The van der Waals surface area contributed by atoms with Gasteiger partial charge in [-0.1, -0.05) is 36.7 Å². The Bertz CT molecular complexity index is 1330. The number of nitrogens with zero attached hydrogens (tertiary/aromatic N) is 1. The topological polar surface area (TPSA) is 157 Å². The number of benzene rings is 2. The van der Waals surface area contributed by atoms with Crippen molar-refractivity contribution in [1.82, 2.24) is 10.2 Å². The SMILES string of the molecule is C[C@@H]1CN(Cc2ccc(Cl)cc2)[C@@H](C)C[C@@H]1NC[C@](C)(O)COc1cc(F)ccc1CC(=O)O.O=C(O)C(F)(F)F.O=C(O)C(F)(F)F. The van der Waals surface area contributed by atoms with Gasteiger partial charge in [0.25, 0.3) is 0 Å². The summed E-state index contributed by atoms with van der Waals surface area (Å²) in [6.45, 7) is 8.08. The standard InChI is InChI=1S/C26H34ClFN2O4.2C2HF3O2/c1-17-13-30(14-19-4-7-21(27)8-5-19)18(2)10-23(17)29-15-26(3,33)16-34-24-12-22(28)9-6-20(24)11-25(31)32;2*3-2(4,5)1(6)7/h4-9,12,17-18,23,29,33H,10-11,13-16H2,1-3H3,(H,31,32);2*(H,6,7)/t17-,18+,23+,26+;;/m1../s1. The van der Waals surface area contributed by atoms with Gasteiger partial charge in [-0.3, -0.25) is 9.69 Å². The average Bonchev–Trinajstić information content (AvgIpc) is 2.95. The molecule has 0 saturated carbocycles. The summed E-state index contributed by atoms with van der Waals surface area (Å²) in [4.78, 5) is 31.3. The Kier molecular flexibility index (Phi) is 16.1. The second kappa shape index (κ2) is 18.2. The van der Waals surface area contributed by atoms with E-state index in [9.17, 15) is 40.6 Å². The summed E-state index contributed by atoms with van der Waals surface area (Å²) < 4.78 is 82.8. The number of carboxylic acid groups (broad SMARTS) is 3. The molecule has 1 saturated heterocycles. The predicted octanol–water partition coefficient (Wildman–Crippen LogP) is 5.39. The lowest BCUT2D eigenvalue weighted by Gasteiger charge is -2.43. The number of hydrogen-bond donors (Lipinski definition) is 5. The Hall–Kier alpha value is -3.67. The van der Waals surface area contributed by atoms with Gasteiger partial charge in [-0.05, 0) is 49.9 Å². The fourth-order valence-corrected chi connectivity index (χ4v) is 4.49. The minimum absolute atomic E-state index is 0.0879. The Morgan fingerprint density at radius 2 is 1.48 bits per heavy atom. The molecule has 0 unspecified atom stereocenters. The van der Waals surface area contributed by atoms with E-state index in [1.165, 1.54) is 17.7 Å². The molecule has 18 heteroatoms. The molecular weight excluding hydrogens is 685 g/mol. The molecule has 1 fully saturated rings. The summed E-state index contributed by atoms with van der Waals surface area (Å²) in [6, 6.07) is 12.3. The number of aliphatic carboxylic acids is 3. The van der Waals surface area contributed by atoms with E-state index < -0.39 is 41.7 Å². The zero-order valence-electron chi connectivity index (χ0n) is 25.9. The van der Waals surface area contributed by atoms with E-state index in [0.717, 1.165) is 30.6 Å². The Labute approximate surface area is 276 Å². The van der Waals surface area contributed by atoms with E-state index >= 15 is 0 Å². The van der Waals surface area contributed by atoms with Crippen molar-refractivity contribution in [2.24, 2.45) is 5.92 Å². The van der Waals surface area contributed by atoms with Gasteiger partial charge in [-0.25, -0.2) is 14.0 Å². The van der Waals surface area contributed by atoms with E-state index in [2.05, 4.69) is 36.2 Å². The molecule has 10 nitrogen and oxygen atoms in total. The van der Waals surface area contributed by atoms with Crippen LogP contribution in [0.2, 0.25) is 5.02 Å². The highest BCUT2D eigenvalue weighted by molar-refractivity contribution is 6.30. The lowest BCUT2D eigenvalue weighted by atomic mass is 9.88. The van der Waals surface area contributed by atoms with Crippen LogP contribution in [0.4, 0.5) is 30.7 Å². The van der Waals surface area contributed by atoms with Crippen LogP contribution in [0.15, 0.2) is 42.5 Å². The quantitative estimate of drug-likeness (QED) is 0.202. The molecule has 5 N–H and O–H groups in total. The molecule has 0 aliphatic carbocycles. The van der Waals surface area contributed by atoms with Gasteiger partial charge in [-0.2, -0.15) is 26.3 Å². The second-order valence-corrected chi connectivity index (χ2v) is 11.8. The summed E-state index contributed by atoms with van der Waals surface area (Å²) in [5, 5.41) is 38.4. The third kappa shape index (κ3) is 16.0. The van der Waals surface area contributed by atoms with Crippen LogP contribution < -0.4 is 10.1 Å². The van der Waals surface area contributed by atoms with Gasteiger partial charge in [-0.15, -0.1) is 0 Å². The lowest BCUT2D eigenvalue weighted by Crippen LogP contribution is -2.55. The number of carbonyl (C=O) groups is 3. The molecule has 2 aromatic rings. The van der Waals surface area contributed by atoms with Crippen LogP contribution >= 0.6 is 11.6 Å². The predicted molar refractivity (Wildman–Crippen MR) is 158 cm³/mol. The van der Waals surface area contributed by atoms with Crippen molar-refractivity contribution < 1.29 is 70.3 Å². The van der Waals surface area contributed by atoms with Crippen molar-refractivity contribution >= 4 is 29.5 Å². The number of ether oxygens (including phenoxy) is 1. The van der Waals surface area contributed by atoms with Gasteiger partial charge >= 0.3 is 30.3 Å². The smallest absolute Gasteiger partial charge is 0.490 e. The highest BCUT2D eigenvalue weighted by Crippen LogP contribution is 2.26. The molecule has 0 radical (unpaired) electrons. The highest BCUT2D eigenvalue weighted by Gasteiger charge is 2.39. The van der Waals surface area contributed by atoms with Crippen molar-refractivity contribution in [3.63, 3.8) is 0 Å². The fourth-order valence-electron chi connectivity index (χ4n) is 4.36. The number of likely N-dealkylation sites (tertiary alicyclic amines) is 1. The molecule has 48 heavy (non-hydrogen) atoms. The number of hydrogen-bond acceptors (Lipinski definition) is 7. The molecule has 0 amide bonds. The van der Waals surface area contributed by atoms with E-state index in [4.69, 9.17) is 41.2 Å². The van der Waals surface area contributed by atoms with Crippen LogP contribution in [0, 0.1) is 11.7 Å². The summed E-state index contributed by atoms with van der Waals surface area (Å²) in [5.74, 6) is -6.55. The Morgan fingerprint density at radius 1 is 0.958 bits per heavy atom. The van der Waals surface area contributed by atoms with E-state index in [1.807, 2.05) is 12.1 Å². The number of rotatable bonds is 10. The number of aliphatic hydroxyl groups is 1.